The average Bonchev–Trinajstić information content (AvgIpc) is 2.58. The van der Waals surface area contributed by atoms with E-state index in [1.54, 1.807) is 0 Å². The van der Waals surface area contributed by atoms with E-state index in [-0.39, 0.29) is 0 Å². The van der Waals surface area contributed by atoms with Crippen LogP contribution in [0.4, 0.5) is 0 Å². The van der Waals surface area contributed by atoms with Crippen molar-refractivity contribution in [2.24, 2.45) is 5.73 Å². The third-order valence-electron chi connectivity index (χ3n) is 1.78. The van der Waals surface area contributed by atoms with Gasteiger partial charge in [-0.25, -0.2) is 0 Å². The summed E-state index contributed by atoms with van der Waals surface area (Å²) < 4.78 is 0. The zero-order chi connectivity index (χ0) is 9.10. The van der Waals surface area contributed by atoms with Gasteiger partial charge in [0.25, 0.3) is 0 Å². The van der Waals surface area contributed by atoms with Crippen molar-refractivity contribution in [2.45, 2.75) is 0 Å². The first kappa shape index (κ1) is 7.84. The van der Waals surface area contributed by atoms with Crippen LogP contribution in [0.1, 0.15) is 5.69 Å². The highest BCUT2D eigenvalue weighted by Crippen LogP contribution is 2.13. The van der Waals surface area contributed by atoms with E-state index in [2.05, 4.69) is 22.0 Å². The molecule has 64 valence electrons. The summed E-state index contributed by atoms with van der Waals surface area (Å²) in [6, 6.07) is 7.84. The number of nitrogens with two attached hydrogens (primary N) is 1. The van der Waals surface area contributed by atoms with Gasteiger partial charge in [-0.2, -0.15) is 5.10 Å². The highest BCUT2D eigenvalue weighted by Gasteiger charge is 1.99. The number of fused-ring (bicyclic) bond motifs is 1. The van der Waals surface area contributed by atoms with Crippen LogP contribution in [-0.2, 0) is 0 Å². The van der Waals surface area contributed by atoms with Crippen molar-refractivity contribution in [3.05, 3.63) is 30.0 Å². The second-order valence-corrected chi connectivity index (χ2v) is 2.62. The Morgan fingerprint density at radius 1 is 1.38 bits per heavy atom. The highest BCUT2D eigenvalue weighted by molar-refractivity contribution is 5.83. The summed E-state index contributed by atoms with van der Waals surface area (Å²) in [6.45, 7) is 0.368. The molecule has 0 atom stereocenters. The van der Waals surface area contributed by atoms with Gasteiger partial charge in [0.15, 0.2) is 0 Å². The molecule has 0 saturated carbocycles. The Hall–Kier alpha value is -1.79. The van der Waals surface area contributed by atoms with Crippen molar-refractivity contribution in [2.75, 3.05) is 6.54 Å². The van der Waals surface area contributed by atoms with Gasteiger partial charge >= 0.3 is 0 Å². The second kappa shape index (κ2) is 3.30. The first-order valence-electron chi connectivity index (χ1n) is 4.04. The summed E-state index contributed by atoms with van der Waals surface area (Å²) in [5.74, 6) is 5.72. The fourth-order valence-electron chi connectivity index (χ4n) is 1.19. The van der Waals surface area contributed by atoms with Crippen LogP contribution in [0.5, 0.6) is 0 Å². The molecule has 2 aromatic rings. The molecular weight excluding hydrogens is 162 g/mol. The van der Waals surface area contributed by atoms with Gasteiger partial charge in [0, 0.05) is 5.39 Å². The number of hydrogen-bond acceptors (Lipinski definition) is 2. The molecule has 0 aliphatic heterocycles. The molecule has 0 aliphatic carbocycles. The minimum absolute atomic E-state index is 0.368. The van der Waals surface area contributed by atoms with Crippen LogP contribution in [0.3, 0.4) is 0 Å². The summed E-state index contributed by atoms with van der Waals surface area (Å²) in [7, 11) is 0. The van der Waals surface area contributed by atoms with Crippen molar-refractivity contribution in [3.63, 3.8) is 0 Å². The maximum absolute atomic E-state index is 5.28. The Morgan fingerprint density at radius 3 is 3.08 bits per heavy atom. The highest BCUT2D eigenvalue weighted by atomic mass is 15.1. The van der Waals surface area contributed by atoms with E-state index < -0.39 is 0 Å². The van der Waals surface area contributed by atoms with E-state index in [0.29, 0.717) is 6.54 Å². The maximum Gasteiger partial charge on any atom is 0.115 e. The minimum atomic E-state index is 0.368. The normalized spacial score (nSPS) is 9.62. The van der Waals surface area contributed by atoms with Crippen LogP contribution in [0.2, 0.25) is 0 Å². The number of hydrogen-bond donors (Lipinski definition) is 2. The standard InChI is InChI=1S/C10H9N3/c11-7-3-6-10-8-4-1-2-5-9(8)12-13-10/h1-2,4-5H,7,11H2,(H,12,13). The Labute approximate surface area is 75.9 Å². The topological polar surface area (TPSA) is 54.7 Å². The smallest absolute Gasteiger partial charge is 0.115 e. The van der Waals surface area contributed by atoms with Crippen molar-refractivity contribution in [1.29, 1.82) is 0 Å². The Morgan fingerprint density at radius 2 is 2.23 bits per heavy atom. The molecule has 0 unspecified atom stereocenters. The van der Waals surface area contributed by atoms with Gasteiger partial charge in [-0.15, -0.1) is 0 Å². The lowest BCUT2D eigenvalue weighted by molar-refractivity contribution is 1.10. The zero-order valence-electron chi connectivity index (χ0n) is 7.04. The molecule has 0 saturated heterocycles. The van der Waals surface area contributed by atoms with Gasteiger partial charge in [0.2, 0.25) is 0 Å². The van der Waals surface area contributed by atoms with Crippen LogP contribution < -0.4 is 5.73 Å². The molecule has 1 heterocycles. The molecule has 0 bridgehead atoms. The van der Waals surface area contributed by atoms with Gasteiger partial charge in [-0.05, 0) is 18.1 Å². The Kier molecular flexibility index (Phi) is 1.99. The van der Waals surface area contributed by atoms with Crippen LogP contribution in [0, 0.1) is 11.8 Å². The van der Waals surface area contributed by atoms with Crippen molar-refractivity contribution < 1.29 is 0 Å². The zero-order valence-corrected chi connectivity index (χ0v) is 7.04. The summed E-state index contributed by atoms with van der Waals surface area (Å²) in [5, 5.41) is 8.02. The molecule has 0 spiro atoms. The van der Waals surface area contributed by atoms with Gasteiger partial charge in [-0.3, -0.25) is 5.10 Å². The molecular formula is C10H9N3. The van der Waals surface area contributed by atoms with Crippen LogP contribution in [0.25, 0.3) is 10.9 Å². The Balaban J connectivity index is 2.58. The third kappa shape index (κ3) is 1.40. The summed E-state index contributed by atoms with van der Waals surface area (Å²) in [5.41, 5.74) is 7.05. The second-order valence-electron chi connectivity index (χ2n) is 2.62. The van der Waals surface area contributed by atoms with Crippen LogP contribution in [-0.4, -0.2) is 16.7 Å². The van der Waals surface area contributed by atoms with Crippen LogP contribution in [0.15, 0.2) is 24.3 Å². The first-order chi connectivity index (χ1) is 6.42. The van der Waals surface area contributed by atoms with Gasteiger partial charge in [0.1, 0.15) is 5.69 Å². The number of aromatic amines is 1. The van der Waals surface area contributed by atoms with E-state index in [1.165, 1.54) is 0 Å². The molecule has 2 rings (SSSR count). The van der Waals surface area contributed by atoms with Crippen LogP contribution >= 0.6 is 0 Å². The molecule has 1 aromatic carbocycles. The van der Waals surface area contributed by atoms with E-state index >= 15 is 0 Å². The maximum atomic E-state index is 5.28. The molecule has 0 fully saturated rings. The lowest BCUT2D eigenvalue weighted by Gasteiger charge is -1.85. The number of nitrogens with zero attached hydrogens (tertiary/aromatic N) is 1. The number of para-hydroxylation sites is 1. The number of nitrogens with one attached hydrogen (secondary N) is 1. The lowest BCUT2D eigenvalue weighted by Crippen LogP contribution is -1.93. The van der Waals surface area contributed by atoms with Gasteiger partial charge < -0.3 is 5.73 Å². The van der Waals surface area contributed by atoms with E-state index in [0.717, 1.165) is 16.6 Å². The van der Waals surface area contributed by atoms with E-state index in [1.807, 2.05) is 24.3 Å². The molecule has 0 amide bonds. The largest absolute Gasteiger partial charge is 0.320 e. The molecule has 1 aromatic heterocycles. The molecule has 0 radical (unpaired) electrons. The molecule has 3 N–H and O–H groups in total. The van der Waals surface area contributed by atoms with Gasteiger partial charge in [0.05, 0.1) is 12.1 Å². The van der Waals surface area contributed by atoms with Gasteiger partial charge in [-0.1, -0.05) is 18.1 Å². The minimum Gasteiger partial charge on any atom is -0.320 e. The molecule has 3 nitrogen and oxygen atoms in total. The average molecular weight is 171 g/mol. The third-order valence-corrected chi connectivity index (χ3v) is 1.78. The lowest BCUT2D eigenvalue weighted by atomic mass is 10.2. The van der Waals surface area contributed by atoms with Crippen molar-refractivity contribution in [1.82, 2.24) is 10.2 Å². The number of H-pyrrole nitrogens is 1. The first-order valence-corrected chi connectivity index (χ1v) is 4.04. The summed E-state index contributed by atoms with van der Waals surface area (Å²) >= 11 is 0. The van der Waals surface area contributed by atoms with E-state index in [4.69, 9.17) is 5.73 Å². The van der Waals surface area contributed by atoms with Crippen molar-refractivity contribution in [3.8, 4) is 11.8 Å². The monoisotopic (exact) mass is 171 g/mol. The molecule has 13 heavy (non-hydrogen) atoms. The fourth-order valence-corrected chi connectivity index (χ4v) is 1.19. The van der Waals surface area contributed by atoms with E-state index in [9.17, 15) is 0 Å². The number of rotatable bonds is 0. The number of benzene rings is 1. The fraction of sp³-hybridized carbons (Fsp3) is 0.100. The van der Waals surface area contributed by atoms with Crippen molar-refractivity contribution >= 4 is 10.9 Å². The Bertz CT molecular complexity index is 473. The molecule has 0 aliphatic rings. The summed E-state index contributed by atoms with van der Waals surface area (Å²) in [4.78, 5) is 0. The summed E-state index contributed by atoms with van der Waals surface area (Å²) in [6.07, 6.45) is 0. The predicted octanol–water partition coefficient (Wildman–Crippen LogP) is 0.873. The quantitative estimate of drug-likeness (QED) is 0.578. The predicted molar refractivity (Wildman–Crippen MR) is 52.0 cm³/mol. The SMILES string of the molecule is NCC#Cc1[nH]nc2ccccc12. The number of aromatic nitrogens is 2. The molecule has 3 heteroatoms.